The SMILES string of the molecule is CCCOC(=O)c1c(NC(=O)c2ccc(COc3ccc(C(C)CC)cc3)o2)sc(C(=O)OC)c1C. The molecule has 1 amide bonds. The van der Waals surface area contributed by atoms with Crippen molar-refractivity contribution < 1.29 is 33.0 Å². The van der Waals surface area contributed by atoms with Gasteiger partial charge in [-0.3, -0.25) is 4.79 Å². The van der Waals surface area contributed by atoms with Crippen molar-refractivity contribution in [3.8, 4) is 5.75 Å². The highest BCUT2D eigenvalue weighted by atomic mass is 32.1. The van der Waals surface area contributed by atoms with Crippen LogP contribution in [0.2, 0.25) is 0 Å². The molecule has 0 bridgehead atoms. The summed E-state index contributed by atoms with van der Waals surface area (Å²) < 4.78 is 21.5. The van der Waals surface area contributed by atoms with Gasteiger partial charge in [-0.1, -0.05) is 32.9 Å². The van der Waals surface area contributed by atoms with Crippen LogP contribution in [-0.2, 0) is 16.1 Å². The van der Waals surface area contributed by atoms with Crippen LogP contribution in [0.3, 0.4) is 0 Å². The molecule has 0 fully saturated rings. The fraction of sp³-hybridized carbons (Fsp3) is 0.370. The Bertz CT molecular complexity index is 1210. The van der Waals surface area contributed by atoms with E-state index in [1.807, 2.05) is 31.2 Å². The molecule has 1 atom stereocenters. The molecule has 0 aliphatic carbocycles. The third-order valence-electron chi connectivity index (χ3n) is 5.71. The van der Waals surface area contributed by atoms with Crippen LogP contribution >= 0.6 is 11.3 Å². The van der Waals surface area contributed by atoms with Gasteiger partial charge < -0.3 is 23.9 Å². The van der Waals surface area contributed by atoms with Gasteiger partial charge in [-0.05, 0) is 61.1 Å². The normalized spacial score (nSPS) is 11.6. The number of hydrogen-bond acceptors (Lipinski definition) is 8. The average Bonchev–Trinajstić information content (AvgIpc) is 3.50. The number of thiophene rings is 1. The van der Waals surface area contributed by atoms with Crippen molar-refractivity contribution in [3.05, 3.63) is 69.5 Å². The highest BCUT2D eigenvalue weighted by Gasteiger charge is 2.28. The number of carbonyl (C=O) groups excluding carboxylic acids is 3. The molecule has 2 heterocycles. The summed E-state index contributed by atoms with van der Waals surface area (Å²) in [5.74, 6) is -0.104. The topological polar surface area (TPSA) is 104 Å². The minimum atomic E-state index is -0.621. The number of hydrogen-bond donors (Lipinski definition) is 1. The van der Waals surface area contributed by atoms with E-state index in [9.17, 15) is 14.4 Å². The second-order valence-corrected chi connectivity index (χ2v) is 9.30. The van der Waals surface area contributed by atoms with E-state index in [0.29, 0.717) is 29.4 Å². The number of methoxy groups -OCH3 is 1. The molecular weight excluding hydrogens is 482 g/mol. The number of benzene rings is 1. The molecule has 3 aromatic rings. The summed E-state index contributed by atoms with van der Waals surface area (Å²) in [6.07, 6.45) is 1.70. The first-order valence-corrected chi connectivity index (χ1v) is 12.6. The Labute approximate surface area is 214 Å². The highest BCUT2D eigenvalue weighted by molar-refractivity contribution is 7.18. The van der Waals surface area contributed by atoms with Crippen molar-refractivity contribution in [1.29, 1.82) is 0 Å². The van der Waals surface area contributed by atoms with Crippen LogP contribution in [0.15, 0.2) is 40.8 Å². The maximum Gasteiger partial charge on any atom is 0.348 e. The lowest BCUT2D eigenvalue weighted by Crippen LogP contribution is -2.14. The third kappa shape index (κ3) is 6.34. The van der Waals surface area contributed by atoms with Gasteiger partial charge in [-0.2, -0.15) is 0 Å². The minimum absolute atomic E-state index is 0.0410. The molecule has 1 N–H and O–H groups in total. The molecule has 0 spiro atoms. The molecule has 0 radical (unpaired) electrons. The van der Waals surface area contributed by atoms with E-state index in [0.717, 1.165) is 17.8 Å². The van der Waals surface area contributed by atoms with Gasteiger partial charge in [0.1, 0.15) is 28.0 Å². The minimum Gasteiger partial charge on any atom is -0.486 e. The first-order chi connectivity index (χ1) is 17.3. The molecule has 36 heavy (non-hydrogen) atoms. The van der Waals surface area contributed by atoms with Gasteiger partial charge in [0.15, 0.2) is 5.76 Å². The molecule has 2 aromatic heterocycles. The zero-order chi connectivity index (χ0) is 26.2. The molecule has 8 nitrogen and oxygen atoms in total. The van der Waals surface area contributed by atoms with Crippen molar-refractivity contribution in [3.63, 3.8) is 0 Å². The zero-order valence-electron chi connectivity index (χ0n) is 21.1. The third-order valence-corrected chi connectivity index (χ3v) is 6.90. The van der Waals surface area contributed by atoms with E-state index in [1.165, 1.54) is 18.7 Å². The fourth-order valence-corrected chi connectivity index (χ4v) is 4.53. The molecule has 0 aliphatic rings. The number of nitrogens with one attached hydrogen (secondary N) is 1. The van der Waals surface area contributed by atoms with Crippen LogP contribution < -0.4 is 10.1 Å². The Hall–Kier alpha value is -3.59. The molecule has 9 heteroatoms. The van der Waals surface area contributed by atoms with Crippen LogP contribution in [0, 0.1) is 6.92 Å². The van der Waals surface area contributed by atoms with Gasteiger partial charge in [0.2, 0.25) is 0 Å². The molecule has 1 unspecified atom stereocenters. The van der Waals surface area contributed by atoms with Gasteiger partial charge in [0.05, 0.1) is 19.3 Å². The van der Waals surface area contributed by atoms with E-state index in [-0.39, 0.29) is 34.4 Å². The van der Waals surface area contributed by atoms with E-state index in [4.69, 9.17) is 18.6 Å². The summed E-state index contributed by atoms with van der Waals surface area (Å²) >= 11 is 0.949. The summed E-state index contributed by atoms with van der Waals surface area (Å²) in [5.41, 5.74) is 1.76. The Morgan fingerprint density at radius 3 is 2.42 bits per heavy atom. The molecule has 192 valence electrons. The van der Waals surface area contributed by atoms with Gasteiger partial charge in [0.25, 0.3) is 5.91 Å². The second kappa shape index (κ2) is 12.4. The summed E-state index contributed by atoms with van der Waals surface area (Å²) in [7, 11) is 1.25. The summed E-state index contributed by atoms with van der Waals surface area (Å²) in [5, 5.41) is 2.86. The lowest BCUT2D eigenvalue weighted by atomic mass is 9.99. The van der Waals surface area contributed by atoms with Crippen LogP contribution in [0.4, 0.5) is 5.00 Å². The Balaban J connectivity index is 1.71. The van der Waals surface area contributed by atoms with Gasteiger partial charge in [-0.15, -0.1) is 11.3 Å². The molecule has 1 aromatic carbocycles. The van der Waals surface area contributed by atoms with Gasteiger partial charge >= 0.3 is 11.9 Å². The monoisotopic (exact) mass is 513 g/mol. The van der Waals surface area contributed by atoms with Crippen molar-refractivity contribution in [2.75, 3.05) is 19.0 Å². The quantitative estimate of drug-likeness (QED) is 0.298. The van der Waals surface area contributed by atoms with Crippen molar-refractivity contribution in [1.82, 2.24) is 0 Å². The Morgan fingerprint density at radius 1 is 1.06 bits per heavy atom. The summed E-state index contributed by atoms with van der Waals surface area (Å²) in [6.45, 7) is 8.17. The fourth-order valence-electron chi connectivity index (χ4n) is 3.43. The highest BCUT2D eigenvalue weighted by Crippen LogP contribution is 2.34. The van der Waals surface area contributed by atoms with Crippen LogP contribution in [0.1, 0.15) is 87.0 Å². The average molecular weight is 514 g/mol. The van der Waals surface area contributed by atoms with Crippen LogP contribution in [0.25, 0.3) is 0 Å². The number of carbonyl (C=O) groups is 3. The zero-order valence-corrected chi connectivity index (χ0v) is 22.0. The number of amides is 1. The van der Waals surface area contributed by atoms with Crippen LogP contribution in [0.5, 0.6) is 5.75 Å². The van der Waals surface area contributed by atoms with Crippen molar-refractivity contribution in [2.24, 2.45) is 0 Å². The van der Waals surface area contributed by atoms with E-state index in [2.05, 4.69) is 19.2 Å². The van der Waals surface area contributed by atoms with E-state index in [1.54, 1.807) is 13.0 Å². The standard InChI is InChI=1S/C27H31NO7S/c1-6-14-33-26(30)22-17(4)23(27(31)32-5)36-25(22)28-24(29)21-13-12-20(35-21)15-34-19-10-8-18(9-11-19)16(3)7-2/h8-13,16H,6-7,14-15H2,1-5H3,(H,28,29). The lowest BCUT2D eigenvalue weighted by Gasteiger charge is -2.10. The van der Waals surface area contributed by atoms with E-state index >= 15 is 0 Å². The van der Waals surface area contributed by atoms with Crippen molar-refractivity contribution >= 4 is 34.2 Å². The predicted octanol–water partition coefficient (Wildman–Crippen LogP) is 6.35. The Morgan fingerprint density at radius 2 is 1.78 bits per heavy atom. The number of esters is 2. The molecular formula is C27H31NO7S. The van der Waals surface area contributed by atoms with Gasteiger partial charge in [0, 0.05) is 0 Å². The predicted molar refractivity (Wildman–Crippen MR) is 137 cm³/mol. The summed E-state index contributed by atoms with van der Waals surface area (Å²) in [6, 6.07) is 11.1. The first-order valence-electron chi connectivity index (χ1n) is 11.8. The van der Waals surface area contributed by atoms with E-state index < -0.39 is 17.8 Å². The second-order valence-electron chi connectivity index (χ2n) is 8.27. The number of rotatable bonds is 11. The van der Waals surface area contributed by atoms with Crippen LogP contribution in [-0.4, -0.2) is 31.6 Å². The number of furan rings is 1. The number of anilines is 1. The first kappa shape index (κ1) is 27.0. The van der Waals surface area contributed by atoms with Crippen molar-refractivity contribution in [2.45, 2.75) is 53.1 Å². The summed E-state index contributed by atoms with van der Waals surface area (Å²) in [4.78, 5) is 37.9. The maximum atomic E-state index is 12.9. The maximum absolute atomic E-state index is 12.9. The largest absolute Gasteiger partial charge is 0.486 e. The lowest BCUT2D eigenvalue weighted by molar-refractivity contribution is 0.0506. The molecule has 0 saturated heterocycles. The molecule has 0 aliphatic heterocycles. The van der Waals surface area contributed by atoms with Gasteiger partial charge in [-0.25, -0.2) is 9.59 Å². The molecule has 0 saturated carbocycles. The smallest absolute Gasteiger partial charge is 0.348 e. The number of ether oxygens (including phenoxy) is 3. The Kier molecular flexibility index (Phi) is 9.30. The molecule has 3 rings (SSSR count).